The van der Waals surface area contributed by atoms with Crippen molar-refractivity contribution in [2.45, 2.75) is 13.8 Å². The number of pyridine rings is 1. The smallest absolute Gasteiger partial charge is 0.321 e. The molecule has 8 heteroatoms. The SMILES string of the molecule is Cc1ccc(NC(=O)N2CCN(c3ccc(Nc4ccncc4)nn3)CC2)cc1C. The van der Waals surface area contributed by atoms with Gasteiger partial charge in [0.15, 0.2) is 11.6 Å². The number of carbonyl (C=O) groups excluding carboxylic acids is 1. The van der Waals surface area contributed by atoms with Gasteiger partial charge in [-0.2, -0.15) is 0 Å². The number of nitrogens with zero attached hydrogens (tertiary/aromatic N) is 5. The predicted molar refractivity (Wildman–Crippen MR) is 118 cm³/mol. The minimum Gasteiger partial charge on any atom is -0.352 e. The molecule has 0 bridgehead atoms. The Labute approximate surface area is 176 Å². The zero-order chi connectivity index (χ0) is 20.9. The number of nitrogens with one attached hydrogen (secondary N) is 2. The highest BCUT2D eigenvalue weighted by molar-refractivity contribution is 5.89. The van der Waals surface area contributed by atoms with E-state index >= 15 is 0 Å². The van der Waals surface area contributed by atoms with E-state index in [-0.39, 0.29) is 6.03 Å². The van der Waals surface area contributed by atoms with E-state index in [1.165, 1.54) is 5.56 Å². The van der Waals surface area contributed by atoms with Gasteiger partial charge < -0.3 is 20.4 Å². The number of piperazine rings is 1. The minimum atomic E-state index is -0.0686. The van der Waals surface area contributed by atoms with E-state index < -0.39 is 0 Å². The minimum absolute atomic E-state index is 0.0686. The number of carbonyl (C=O) groups is 1. The lowest BCUT2D eigenvalue weighted by molar-refractivity contribution is 0.208. The van der Waals surface area contributed by atoms with E-state index in [4.69, 9.17) is 0 Å². The highest BCUT2D eigenvalue weighted by atomic mass is 16.2. The molecular formula is C22H25N7O. The molecule has 4 rings (SSSR count). The summed E-state index contributed by atoms with van der Waals surface area (Å²) in [6, 6.07) is 13.5. The van der Waals surface area contributed by atoms with Crippen LogP contribution in [0, 0.1) is 13.8 Å². The van der Waals surface area contributed by atoms with Crippen molar-refractivity contribution in [2.75, 3.05) is 41.7 Å². The van der Waals surface area contributed by atoms with Crippen molar-refractivity contribution in [1.82, 2.24) is 20.1 Å². The molecule has 1 aliphatic rings. The van der Waals surface area contributed by atoms with E-state index in [0.29, 0.717) is 32.0 Å². The predicted octanol–water partition coefficient (Wildman–Crippen LogP) is 3.59. The van der Waals surface area contributed by atoms with E-state index in [1.54, 1.807) is 12.4 Å². The summed E-state index contributed by atoms with van der Waals surface area (Å²) in [7, 11) is 0. The van der Waals surface area contributed by atoms with Crippen molar-refractivity contribution in [2.24, 2.45) is 0 Å². The van der Waals surface area contributed by atoms with E-state index in [2.05, 4.69) is 37.6 Å². The van der Waals surface area contributed by atoms with Crippen LogP contribution >= 0.6 is 0 Å². The van der Waals surface area contributed by atoms with Crippen molar-refractivity contribution in [3.05, 3.63) is 66.0 Å². The molecule has 1 aromatic carbocycles. The Morgan fingerprint density at radius 3 is 2.30 bits per heavy atom. The van der Waals surface area contributed by atoms with Crippen LogP contribution in [0.25, 0.3) is 0 Å². The van der Waals surface area contributed by atoms with Crippen molar-refractivity contribution in [3.8, 4) is 0 Å². The Balaban J connectivity index is 1.30. The van der Waals surface area contributed by atoms with Gasteiger partial charge in [0, 0.05) is 49.9 Å². The van der Waals surface area contributed by atoms with Crippen LogP contribution in [-0.2, 0) is 0 Å². The highest BCUT2D eigenvalue weighted by Gasteiger charge is 2.22. The second kappa shape index (κ2) is 8.77. The number of hydrogen-bond donors (Lipinski definition) is 2. The summed E-state index contributed by atoms with van der Waals surface area (Å²) >= 11 is 0. The molecule has 2 N–H and O–H groups in total. The largest absolute Gasteiger partial charge is 0.352 e. The summed E-state index contributed by atoms with van der Waals surface area (Å²) in [5.41, 5.74) is 4.12. The van der Waals surface area contributed by atoms with E-state index in [0.717, 1.165) is 22.8 Å². The maximum Gasteiger partial charge on any atom is 0.321 e. The summed E-state index contributed by atoms with van der Waals surface area (Å²) in [6.07, 6.45) is 3.44. The molecule has 8 nitrogen and oxygen atoms in total. The van der Waals surface area contributed by atoms with Crippen LogP contribution in [0.2, 0.25) is 0 Å². The third-order valence-electron chi connectivity index (χ3n) is 5.25. The Morgan fingerprint density at radius 2 is 1.63 bits per heavy atom. The van der Waals surface area contributed by atoms with Crippen LogP contribution in [0.1, 0.15) is 11.1 Å². The Kier molecular flexibility index (Phi) is 5.74. The fourth-order valence-electron chi connectivity index (χ4n) is 3.30. The molecule has 3 aromatic rings. The van der Waals surface area contributed by atoms with Crippen LogP contribution in [0.5, 0.6) is 0 Å². The Bertz CT molecular complexity index is 1000. The molecule has 0 atom stereocenters. The van der Waals surface area contributed by atoms with Crippen LogP contribution in [0.3, 0.4) is 0 Å². The number of hydrogen-bond acceptors (Lipinski definition) is 6. The molecule has 1 aliphatic heterocycles. The lowest BCUT2D eigenvalue weighted by atomic mass is 10.1. The Hall–Kier alpha value is -3.68. The average Bonchev–Trinajstić information content (AvgIpc) is 2.78. The summed E-state index contributed by atoms with van der Waals surface area (Å²) in [6.45, 7) is 6.80. The molecular weight excluding hydrogens is 378 g/mol. The lowest BCUT2D eigenvalue weighted by Gasteiger charge is -2.35. The van der Waals surface area contributed by atoms with Gasteiger partial charge in [0.1, 0.15) is 0 Å². The number of benzene rings is 1. The maximum atomic E-state index is 12.6. The van der Waals surface area contributed by atoms with Crippen molar-refractivity contribution in [1.29, 1.82) is 0 Å². The molecule has 2 amide bonds. The standard InChI is InChI=1S/C22H25N7O/c1-16-3-4-19(15-17(16)2)25-22(30)29-13-11-28(12-14-29)21-6-5-20(26-27-21)24-18-7-9-23-10-8-18/h3-10,15H,11-14H2,1-2H3,(H,25,30)(H,23,24,26). The van der Waals surface area contributed by atoms with Crippen molar-refractivity contribution >= 4 is 29.0 Å². The van der Waals surface area contributed by atoms with Gasteiger partial charge in [-0.15, -0.1) is 10.2 Å². The van der Waals surface area contributed by atoms with Crippen LogP contribution in [0.4, 0.5) is 27.8 Å². The molecule has 0 aliphatic carbocycles. The van der Waals surface area contributed by atoms with Crippen LogP contribution in [-0.4, -0.2) is 52.3 Å². The normalized spacial score (nSPS) is 13.8. The molecule has 154 valence electrons. The monoisotopic (exact) mass is 403 g/mol. The fraction of sp³-hybridized carbons (Fsp3) is 0.273. The van der Waals surface area contributed by atoms with Gasteiger partial charge >= 0.3 is 6.03 Å². The summed E-state index contributed by atoms with van der Waals surface area (Å²) in [5.74, 6) is 1.49. The molecule has 3 heterocycles. The van der Waals surface area contributed by atoms with Gasteiger partial charge in [-0.05, 0) is 61.4 Å². The zero-order valence-electron chi connectivity index (χ0n) is 17.2. The maximum absolute atomic E-state index is 12.6. The molecule has 2 aromatic heterocycles. The first kappa shape index (κ1) is 19.6. The molecule has 0 unspecified atom stereocenters. The number of amides is 2. The van der Waals surface area contributed by atoms with E-state index in [9.17, 15) is 4.79 Å². The van der Waals surface area contributed by atoms with Gasteiger partial charge in [-0.1, -0.05) is 6.07 Å². The van der Waals surface area contributed by atoms with Gasteiger partial charge in [-0.3, -0.25) is 4.98 Å². The highest BCUT2D eigenvalue weighted by Crippen LogP contribution is 2.18. The second-order valence-electron chi connectivity index (χ2n) is 7.34. The van der Waals surface area contributed by atoms with Gasteiger partial charge in [-0.25, -0.2) is 4.79 Å². The third kappa shape index (κ3) is 4.65. The van der Waals surface area contributed by atoms with E-state index in [1.807, 2.05) is 54.3 Å². The fourth-order valence-corrected chi connectivity index (χ4v) is 3.30. The zero-order valence-corrected chi connectivity index (χ0v) is 17.2. The number of aryl methyl sites for hydroxylation is 2. The first-order chi connectivity index (χ1) is 14.6. The molecule has 1 fully saturated rings. The topological polar surface area (TPSA) is 86.3 Å². The van der Waals surface area contributed by atoms with Crippen LogP contribution in [0.15, 0.2) is 54.9 Å². The molecule has 1 saturated heterocycles. The number of rotatable bonds is 4. The quantitative estimate of drug-likeness (QED) is 0.692. The van der Waals surface area contributed by atoms with Crippen molar-refractivity contribution in [3.63, 3.8) is 0 Å². The lowest BCUT2D eigenvalue weighted by Crippen LogP contribution is -2.50. The average molecular weight is 403 g/mol. The first-order valence-corrected chi connectivity index (χ1v) is 9.97. The summed E-state index contributed by atoms with van der Waals surface area (Å²) < 4.78 is 0. The molecule has 0 radical (unpaired) electrons. The summed E-state index contributed by atoms with van der Waals surface area (Å²) in [5, 5.41) is 14.8. The number of anilines is 4. The van der Waals surface area contributed by atoms with Crippen LogP contribution < -0.4 is 15.5 Å². The van der Waals surface area contributed by atoms with Crippen molar-refractivity contribution < 1.29 is 4.79 Å². The molecule has 0 saturated carbocycles. The van der Waals surface area contributed by atoms with Gasteiger partial charge in [0.05, 0.1) is 0 Å². The summed E-state index contributed by atoms with van der Waals surface area (Å²) in [4.78, 5) is 20.6. The van der Waals surface area contributed by atoms with Gasteiger partial charge in [0.2, 0.25) is 0 Å². The molecule has 0 spiro atoms. The van der Waals surface area contributed by atoms with Gasteiger partial charge in [0.25, 0.3) is 0 Å². The second-order valence-corrected chi connectivity index (χ2v) is 7.34. The third-order valence-corrected chi connectivity index (χ3v) is 5.25. The Morgan fingerprint density at radius 1 is 0.867 bits per heavy atom. The molecule has 30 heavy (non-hydrogen) atoms. The number of urea groups is 1. The first-order valence-electron chi connectivity index (χ1n) is 9.97. The number of aromatic nitrogens is 3.